The fraction of sp³-hybridized carbons (Fsp3) is 0.500. The van der Waals surface area contributed by atoms with Gasteiger partial charge in [0.05, 0.1) is 0 Å². The number of aliphatic hydroxyl groups is 1. The van der Waals surface area contributed by atoms with Gasteiger partial charge in [-0.1, -0.05) is 0 Å². The first kappa shape index (κ1) is 10.8. The maximum Gasteiger partial charge on any atom is 0.223 e. The van der Waals surface area contributed by atoms with E-state index in [0.717, 1.165) is 22.8 Å². The molecule has 0 bridgehead atoms. The number of thioether (sulfide) groups is 1. The van der Waals surface area contributed by atoms with Crippen LogP contribution in [0.4, 0.5) is 0 Å². The fourth-order valence-electron chi connectivity index (χ4n) is 0.786. The molecule has 1 rings (SSSR count). The molecule has 0 aromatic carbocycles. The minimum absolute atomic E-state index is 0.213. The molecular formula is C8H11ClN2OS. The van der Waals surface area contributed by atoms with Gasteiger partial charge in [0.15, 0.2) is 0 Å². The van der Waals surface area contributed by atoms with Crippen LogP contribution in [0.1, 0.15) is 12.0 Å². The van der Waals surface area contributed by atoms with Gasteiger partial charge in [-0.2, -0.15) is 0 Å². The molecule has 1 aromatic rings. The van der Waals surface area contributed by atoms with Crippen molar-refractivity contribution < 1.29 is 5.11 Å². The molecule has 1 N–H and O–H groups in total. The summed E-state index contributed by atoms with van der Waals surface area (Å²) in [5, 5.41) is 9.77. The number of rotatable bonds is 4. The molecular weight excluding hydrogens is 208 g/mol. The van der Waals surface area contributed by atoms with Gasteiger partial charge in [0.1, 0.15) is 5.03 Å². The van der Waals surface area contributed by atoms with Gasteiger partial charge in [-0.3, -0.25) is 0 Å². The summed E-state index contributed by atoms with van der Waals surface area (Å²) in [5.41, 5.74) is 1.02. The molecule has 13 heavy (non-hydrogen) atoms. The molecule has 72 valence electrons. The number of halogens is 1. The average molecular weight is 219 g/mol. The topological polar surface area (TPSA) is 46.0 Å². The standard InChI is InChI=1S/C8H11ClN2OS/c1-6-5-10-8(9)11-7(6)13-4-2-3-12/h5,12H,2-4H2,1H3. The smallest absolute Gasteiger partial charge is 0.223 e. The Morgan fingerprint density at radius 3 is 3.08 bits per heavy atom. The minimum Gasteiger partial charge on any atom is -0.396 e. The summed E-state index contributed by atoms with van der Waals surface area (Å²) in [6.45, 7) is 2.16. The molecule has 0 aliphatic carbocycles. The molecule has 0 unspecified atom stereocenters. The van der Waals surface area contributed by atoms with E-state index in [9.17, 15) is 0 Å². The second-order valence-corrected chi connectivity index (χ2v) is 3.97. The molecule has 5 heteroatoms. The van der Waals surface area contributed by atoms with Crippen LogP contribution in [0.2, 0.25) is 5.28 Å². The van der Waals surface area contributed by atoms with Crippen molar-refractivity contribution in [1.29, 1.82) is 0 Å². The number of nitrogens with zero attached hydrogens (tertiary/aromatic N) is 2. The molecule has 0 radical (unpaired) electrons. The predicted octanol–water partition coefficient (Wildman–Crippen LogP) is 1.91. The number of hydrogen-bond acceptors (Lipinski definition) is 4. The van der Waals surface area contributed by atoms with Gasteiger partial charge < -0.3 is 5.11 Å². The lowest BCUT2D eigenvalue weighted by Gasteiger charge is -2.02. The molecule has 0 saturated heterocycles. The van der Waals surface area contributed by atoms with Crippen LogP contribution < -0.4 is 0 Å². The number of hydrogen-bond donors (Lipinski definition) is 1. The van der Waals surface area contributed by atoms with Crippen molar-refractivity contribution in [3.8, 4) is 0 Å². The number of aliphatic hydroxyl groups excluding tert-OH is 1. The van der Waals surface area contributed by atoms with Gasteiger partial charge >= 0.3 is 0 Å². The highest BCUT2D eigenvalue weighted by atomic mass is 35.5. The van der Waals surface area contributed by atoms with Crippen molar-refractivity contribution in [3.63, 3.8) is 0 Å². The lowest BCUT2D eigenvalue weighted by molar-refractivity contribution is 0.296. The van der Waals surface area contributed by atoms with Crippen LogP contribution in [0.15, 0.2) is 11.2 Å². The van der Waals surface area contributed by atoms with E-state index in [1.807, 2.05) is 6.92 Å². The first-order valence-electron chi connectivity index (χ1n) is 3.97. The van der Waals surface area contributed by atoms with Gasteiger partial charge in [-0.25, -0.2) is 9.97 Å². The summed E-state index contributed by atoms with van der Waals surface area (Å²) >= 11 is 7.23. The lowest BCUT2D eigenvalue weighted by atomic mass is 10.4. The molecule has 0 amide bonds. The van der Waals surface area contributed by atoms with Gasteiger partial charge in [-0.15, -0.1) is 11.8 Å². The van der Waals surface area contributed by atoms with E-state index in [2.05, 4.69) is 9.97 Å². The minimum atomic E-state index is 0.213. The van der Waals surface area contributed by atoms with Crippen molar-refractivity contribution >= 4 is 23.4 Å². The van der Waals surface area contributed by atoms with Gasteiger partial charge in [0.25, 0.3) is 0 Å². The van der Waals surface area contributed by atoms with Gasteiger partial charge in [0, 0.05) is 18.6 Å². The van der Waals surface area contributed by atoms with E-state index >= 15 is 0 Å². The third-order valence-electron chi connectivity index (χ3n) is 1.44. The largest absolute Gasteiger partial charge is 0.396 e. The first-order chi connectivity index (χ1) is 6.24. The van der Waals surface area contributed by atoms with Crippen LogP contribution >= 0.6 is 23.4 Å². The van der Waals surface area contributed by atoms with Crippen LogP contribution in [-0.2, 0) is 0 Å². The van der Waals surface area contributed by atoms with E-state index in [-0.39, 0.29) is 11.9 Å². The van der Waals surface area contributed by atoms with Crippen LogP contribution in [-0.4, -0.2) is 27.4 Å². The van der Waals surface area contributed by atoms with Crippen molar-refractivity contribution in [2.45, 2.75) is 18.4 Å². The summed E-state index contributed by atoms with van der Waals surface area (Å²) in [6, 6.07) is 0. The molecule has 0 saturated carbocycles. The van der Waals surface area contributed by atoms with Gasteiger partial charge in [0.2, 0.25) is 5.28 Å². The Morgan fingerprint density at radius 1 is 1.62 bits per heavy atom. The molecule has 0 spiro atoms. The van der Waals surface area contributed by atoms with E-state index in [1.54, 1.807) is 18.0 Å². The first-order valence-corrected chi connectivity index (χ1v) is 5.33. The van der Waals surface area contributed by atoms with Crippen LogP contribution in [0.25, 0.3) is 0 Å². The van der Waals surface area contributed by atoms with Crippen molar-refractivity contribution in [1.82, 2.24) is 9.97 Å². The van der Waals surface area contributed by atoms with Crippen molar-refractivity contribution in [2.24, 2.45) is 0 Å². The van der Waals surface area contributed by atoms with Crippen molar-refractivity contribution in [3.05, 3.63) is 17.0 Å². The highest BCUT2D eigenvalue weighted by Gasteiger charge is 2.02. The summed E-state index contributed by atoms with van der Waals surface area (Å²) in [7, 11) is 0. The molecule has 0 aliphatic heterocycles. The maximum atomic E-state index is 8.60. The Kier molecular flexibility index (Phi) is 4.48. The number of aromatic nitrogens is 2. The molecule has 0 aliphatic rings. The van der Waals surface area contributed by atoms with Crippen LogP contribution in [0, 0.1) is 6.92 Å². The summed E-state index contributed by atoms with van der Waals surface area (Å²) < 4.78 is 0. The highest BCUT2D eigenvalue weighted by Crippen LogP contribution is 2.20. The lowest BCUT2D eigenvalue weighted by Crippen LogP contribution is -1.92. The third-order valence-corrected chi connectivity index (χ3v) is 2.80. The van der Waals surface area contributed by atoms with Crippen molar-refractivity contribution in [2.75, 3.05) is 12.4 Å². The molecule has 0 atom stereocenters. The molecule has 1 heterocycles. The summed E-state index contributed by atoms with van der Waals surface area (Å²) in [4.78, 5) is 7.94. The molecule has 3 nitrogen and oxygen atoms in total. The van der Waals surface area contributed by atoms with E-state index in [4.69, 9.17) is 16.7 Å². The Balaban J connectivity index is 2.59. The van der Waals surface area contributed by atoms with E-state index in [0.29, 0.717) is 0 Å². The SMILES string of the molecule is Cc1cnc(Cl)nc1SCCCO. The van der Waals surface area contributed by atoms with Gasteiger partial charge in [-0.05, 0) is 30.5 Å². The Morgan fingerprint density at radius 2 is 2.38 bits per heavy atom. The summed E-state index contributed by atoms with van der Waals surface area (Å²) in [6.07, 6.45) is 2.47. The Bertz CT molecular complexity index is 283. The zero-order valence-electron chi connectivity index (χ0n) is 7.33. The maximum absolute atomic E-state index is 8.60. The second-order valence-electron chi connectivity index (χ2n) is 2.55. The monoisotopic (exact) mass is 218 g/mol. The summed E-state index contributed by atoms with van der Waals surface area (Å²) in [5.74, 6) is 0.852. The van der Waals surface area contributed by atoms with Crippen LogP contribution in [0.5, 0.6) is 0 Å². The zero-order valence-corrected chi connectivity index (χ0v) is 8.90. The zero-order chi connectivity index (χ0) is 9.68. The molecule has 1 aromatic heterocycles. The highest BCUT2D eigenvalue weighted by molar-refractivity contribution is 7.99. The third kappa shape index (κ3) is 3.50. The average Bonchev–Trinajstić information content (AvgIpc) is 2.11. The molecule has 0 fully saturated rings. The Labute approximate surface area is 86.6 Å². The van der Waals surface area contributed by atoms with E-state index < -0.39 is 0 Å². The number of aryl methyl sites for hydroxylation is 1. The van der Waals surface area contributed by atoms with Crippen LogP contribution in [0.3, 0.4) is 0 Å². The predicted molar refractivity (Wildman–Crippen MR) is 54.2 cm³/mol. The van der Waals surface area contributed by atoms with E-state index in [1.165, 1.54) is 0 Å². The quantitative estimate of drug-likeness (QED) is 0.363. The fourth-order valence-corrected chi connectivity index (χ4v) is 1.87. The Hall–Kier alpha value is -0.320. The normalized spacial score (nSPS) is 10.4. The second kappa shape index (κ2) is 5.42.